The molecule has 3 saturated carbocycles. The maximum Gasteiger partial charge on any atom is 0.324 e. The Labute approximate surface area is 96.6 Å². The Hall–Kier alpha value is -0.570. The molecule has 3 aliphatic rings. The Bertz CT molecular complexity index is 298. The van der Waals surface area contributed by atoms with E-state index in [1.165, 1.54) is 32.1 Å². The SMILES string of the molecule is O=C(O)C1(NC2CCCC2)CC2CCC1C2. The number of rotatable bonds is 3. The summed E-state index contributed by atoms with van der Waals surface area (Å²) in [6.07, 6.45) is 9.28. The molecule has 3 unspecified atom stereocenters. The molecule has 3 nitrogen and oxygen atoms in total. The molecule has 0 aliphatic heterocycles. The van der Waals surface area contributed by atoms with Crippen LogP contribution in [0.4, 0.5) is 0 Å². The van der Waals surface area contributed by atoms with Crippen LogP contribution in [-0.4, -0.2) is 22.7 Å². The second-order valence-electron chi connectivity index (χ2n) is 5.98. The van der Waals surface area contributed by atoms with E-state index >= 15 is 0 Å². The minimum Gasteiger partial charge on any atom is -0.480 e. The van der Waals surface area contributed by atoms with Crippen molar-refractivity contribution in [3.05, 3.63) is 0 Å². The topological polar surface area (TPSA) is 49.3 Å². The van der Waals surface area contributed by atoms with Crippen molar-refractivity contribution in [3.63, 3.8) is 0 Å². The van der Waals surface area contributed by atoms with Crippen molar-refractivity contribution in [2.24, 2.45) is 11.8 Å². The van der Waals surface area contributed by atoms with Crippen LogP contribution in [0, 0.1) is 11.8 Å². The Morgan fingerprint density at radius 1 is 1.19 bits per heavy atom. The summed E-state index contributed by atoms with van der Waals surface area (Å²) in [5.74, 6) is 0.484. The minimum absolute atomic E-state index is 0.399. The van der Waals surface area contributed by atoms with Crippen LogP contribution in [0.15, 0.2) is 0 Å². The van der Waals surface area contributed by atoms with Crippen molar-refractivity contribution in [1.29, 1.82) is 0 Å². The highest BCUT2D eigenvalue weighted by atomic mass is 16.4. The lowest BCUT2D eigenvalue weighted by atomic mass is 9.80. The number of carboxylic acid groups (broad SMARTS) is 1. The van der Waals surface area contributed by atoms with Crippen molar-refractivity contribution < 1.29 is 9.90 Å². The molecule has 0 spiro atoms. The summed E-state index contributed by atoms with van der Waals surface area (Å²) in [4.78, 5) is 11.6. The second kappa shape index (κ2) is 3.73. The quantitative estimate of drug-likeness (QED) is 0.771. The third-order valence-corrected chi connectivity index (χ3v) is 5.05. The zero-order chi connectivity index (χ0) is 11.2. The molecule has 0 aromatic rings. The van der Waals surface area contributed by atoms with Crippen LogP contribution in [0.2, 0.25) is 0 Å². The molecular weight excluding hydrogens is 202 g/mol. The second-order valence-corrected chi connectivity index (χ2v) is 5.98. The van der Waals surface area contributed by atoms with Crippen molar-refractivity contribution in [2.45, 2.75) is 62.9 Å². The largest absolute Gasteiger partial charge is 0.480 e. The van der Waals surface area contributed by atoms with Crippen molar-refractivity contribution in [3.8, 4) is 0 Å². The Kier molecular flexibility index (Phi) is 2.46. The molecular formula is C13H21NO2. The molecule has 3 rings (SSSR count). The molecule has 0 aromatic heterocycles. The van der Waals surface area contributed by atoms with Crippen molar-refractivity contribution in [2.75, 3.05) is 0 Å². The van der Waals surface area contributed by atoms with Crippen molar-refractivity contribution in [1.82, 2.24) is 5.32 Å². The fourth-order valence-corrected chi connectivity index (χ4v) is 4.26. The summed E-state index contributed by atoms with van der Waals surface area (Å²) in [7, 11) is 0. The van der Waals surface area contributed by atoms with Crippen LogP contribution in [0.25, 0.3) is 0 Å². The third kappa shape index (κ3) is 1.48. The van der Waals surface area contributed by atoms with Gasteiger partial charge in [-0.3, -0.25) is 10.1 Å². The smallest absolute Gasteiger partial charge is 0.324 e. The van der Waals surface area contributed by atoms with E-state index in [0.29, 0.717) is 17.9 Å². The monoisotopic (exact) mass is 223 g/mol. The zero-order valence-electron chi connectivity index (χ0n) is 9.74. The van der Waals surface area contributed by atoms with Crippen molar-refractivity contribution >= 4 is 5.97 Å². The van der Waals surface area contributed by atoms with Gasteiger partial charge in [0.25, 0.3) is 0 Å². The molecule has 3 aliphatic carbocycles. The van der Waals surface area contributed by atoms with Gasteiger partial charge in [-0.05, 0) is 43.9 Å². The summed E-state index contributed by atoms with van der Waals surface area (Å²) in [6, 6.07) is 0.468. The highest BCUT2D eigenvalue weighted by molar-refractivity contribution is 5.80. The van der Waals surface area contributed by atoms with Crippen LogP contribution < -0.4 is 5.32 Å². The molecule has 0 amide bonds. The van der Waals surface area contributed by atoms with Crippen LogP contribution in [0.3, 0.4) is 0 Å². The molecule has 0 aromatic carbocycles. The van der Waals surface area contributed by atoms with E-state index in [9.17, 15) is 9.90 Å². The zero-order valence-corrected chi connectivity index (χ0v) is 9.74. The Morgan fingerprint density at radius 3 is 2.44 bits per heavy atom. The van der Waals surface area contributed by atoms with Crippen LogP contribution in [0.5, 0.6) is 0 Å². The molecule has 2 bridgehead atoms. The van der Waals surface area contributed by atoms with Gasteiger partial charge < -0.3 is 5.11 Å². The lowest BCUT2D eigenvalue weighted by Gasteiger charge is -2.37. The average molecular weight is 223 g/mol. The number of nitrogens with one attached hydrogen (secondary N) is 1. The molecule has 0 saturated heterocycles. The number of hydrogen-bond acceptors (Lipinski definition) is 2. The third-order valence-electron chi connectivity index (χ3n) is 5.05. The summed E-state index contributed by atoms with van der Waals surface area (Å²) >= 11 is 0. The first kappa shape index (κ1) is 10.6. The molecule has 90 valence electrons. The fraction of sp³-hybridized carbons (Fsp3) is 0.923. The number of hydrogen-bond donors (Lipinski definition) is 2. The van der Waals surface area contributed by atoms with E-state index in [2.05, 4.69) is 5.32 Å². The Morgan fingerprint density at radius 2 is 1.94 bits per heavy atom. The summed E-state index contributed by atoms with van der Waals surface area (Å²) in [6.45, 7) is 0. The van der Waals surface area contributed by atoms with Gasteiger partial charge in [0.05, 0.1) is 0 Å². The highest BCUT2D eigenvalue weighted by Gasteiger charge is 2.56. The lowest BCUT2D eigenvalue weighted by Crippen LogP contribution is -2.58. The standard InChI is InChI=1S/C13H21NO2/c15-12(16)13(14-11-3-1-2-4-11)8-9-5-6-10(13)7-9/h9-11,14H,1-8H2,(H,15,16). The maximum atomic E-state index is 11.6. The molecule has 0 radical (unpaired) electrons. The number of fused-ring (bicyclic) bond motifs is 2. The van der Waals surface area contributed by atoms with E-state index in [0.717, 1.165) is 19.3 Å². The van der Waals surface area contributed by atoms with Gasteiger partial charge in [-0.25, -0.2) is 0 Å². The maximum absolute atomic E-state index is 11.6. The summed E-state index contributed by atoms with van der Waals surface area (Å²) in [5.41, 5.74) is -0.558. The number of aliphatic carboxylic acids is 1. The fourth-order valence-electron chi connectivity index (χ4n) is 4.26. The van der Waals surface area contributed by atoms with Gasteiger partial charge in [-0.1, -0.05) is 19.3 Å². The molecule has 2 N–H and O–H groups in total. The summed E-state index contributed by atoms with van der Waals surface area (Å²) in [5, 5.41) is 13.1. The molecule has 3 heteroatoms. The lowest BCUT2D eigenvalue weighted by molar-refractivity contribution is -0.147. The van der Waals surface area contributed by atoms with E-state index < -0.39 is 11.5 Å². The first-order valence-corrected chi connectivity index (χ1v) is 6.72. The van der Waals surface area contributed by atoms with E-state index in [-0.39, 0.29) is 0 Å². The predicted molar refractivity (Wildman–Crippen MR) is 61.2 cm³/mol. The van der Waals surface area contributed by atoms with Crippen LogP contribution in [0.1, 0.15) is 51.4 Å². The first-order valence-electron chi connectivity index (χ1n) is 6.72. The van der Waals surface area contributed by atoms with Gasteiger partial charge in [0.1, 0.15) is 5.54 Å². The van der Waals surface area contributed by atoms with Gasteiger partial charge in [0.15, 0.2) is 0 Å². The van der Waals surface area contributed by atoms with E-state index in [4.69, 9.17) is 0 Å². The predicted octanol–water partition coefficient (Wildman–Crippen LogP) is 2.16. The minimum atomic E-state index is -0.591. The van der Waals surface area contributed by atoms with Crippen LogP contribution >= 0.6 is 0 Å². The number of carbonyl (C=O) groups is 1. The summed E-state index contributed by atoms with van der Waals surface area (Å²) < 4.78 is 0. The molecule has 0 heterocycles. The normalized spacial score (nSPS) is 43.0. The molecule has 16 heavy (non-hydrogen) atoms. The van der Waals surface area contributed by atoms with Gasteiger partial charge in [0, 0.05) is 6.04 Å². The highest BCUT2D eigenvalue weighted by Crippen LogP contribution is 2.51. The van der Waals surface area contributed by atoms with E-state index in [1.54, 1.807) is 0 Å². The average Bonchev–Trinajstić information content (AvgIpc) is 2.92. The molecule has 3 fully saturated rings. The van der Waals surface area contributed by atoms with Gasteiger partial charge in [-0.2, -0.15) is 0 Å². The first-order chi connectivity index (χ1) is 7.71. The van der Waals surface area contributed by atoms with Crippen LogP contribution in [-0.2, 0) is 4.79 Å². The van der Waals surface area contributed by atoms with E-state index in [1.807, 2.05) is 0 Å². The van der Waals surface area contributed by atoms with Gasteiger partial charge in [-0.15, -0.1) is 0 Å². The number of carboxylic acids is 1. The Balaban J connectivity index is 1.78. The molecule has 3 atom stereocenters. The van der Waals surface area contributed by atoms with Gasteiger partial charge in [0.2, 0.25) is 0 Å². The van der Waals surface area contributed by atoms with Gasteiger partial charge >= 0.3 is 5.97 Å².